The molecular weight excluding hydrogens is 842 g/mol. The van der Waals surface area contributed by atoms with Gasteiger partial charge in [0, 0.05) is 61.3 Å². The van der Waals surface area contributed by atoms with Crippen LogP contribution in [0.25, 0.3) is 21.8 Å². The zero-order valence-corrected chi connectivity index (χ0v) is 33.4. The van der Waals surface area contributed by atoms with Crippen LogP contribution in [0.1, 0.15) is 48.9 Å². The van der Waals surface area contributed by atoms with Gasteiger partial charge in [-0.05, 0) is 96.4 Å². The Balaban J connectivity index is 1.22. The van der Waals surface area contributed by atoms with E-state index >= 15 is 0 Å². The van der Waals surface area contributed by atoms with E-state index in [4.69, 9.17) is 46.4 Å². The summed E-state index contributed by atoms with van der Waals surface area (Å²) in [5.41, 5.74) is 9.66. The lowest BCUT2D eigenvalue weighted by Crippen LogP contribution is -2.41. The topological polar surface area (TPSA) is 182 Å². The van der Waals surface area contributed by atoms with E-state index < -0.39 is 37.8 Å². The number of sulfonamides is 2. The van der Waals surface area contributed by atoms with Crippen molar-refractivity contribution in [2.45, 2.75) is 22.6 Å². The van der Waals surface area contributed by atoms with E-state index in [-0.39, 0.29) is 41.0 Å². The minimum atomic E-state index is -4.28. The third-order valence-electron chi connectivity index (χ3n) is 8.95. The number of carbonyl (C=O) groups excluding carboxylic acids is 2. The minimum absolute atomic E-state index is 0.0782. The van der Waals surface area contributed by atoms with Crippen LogP contribution in [0.2, 0.25) is 20.1 Å². The molecule has 0 aliphatic carbocycles. The van der Waals surface area contributed by atoms with E-state index in [1.165, 1.54) is 36.4 Å². The summed E-state index contributed by atoms with van der Waals surface area (Å²) in [7, 11) is -8.55. The largest absolute Gasteiger partial charge is 0.361 e. The van der Waals surface area contributed by atoms with Gasteiger partial charge in [0.15, 0.2) is 0 Å². The van der Waals surface area contributed by atoms with Gasteiger partial charge < -0.3 is 9.97 Å². The number of halogens is 4. The fraction of sp³-hybridized carbons (Fsp3) is 0.0526. The molecule has 286 valence electrons. The zero-order valence-electron chi connectivity index (χ0n) is 28.7. The molecule has 5 aromatic carbocycles. The van der Waals surface area contributed by atoms with Gasteiger partial charge in [-0.1, -0.05) is 76.2 Å². The summed E-state index contributed by atoms with van der Waals surface area (Å²) < 4.78 is 51.8. The lowest BCUT2D eigenvalue weighted by Gasteiger charge is -2.18. The Labute approximate surface area is 340 Å². The van der Waals surface area contributed by atoms with Crippen molar-refractivity contribution < 1.29 is 26.4 Å². The lowest BCUT2D eigenvalue weighted by molar-refractivity contribution is 0.0937. The van der Waals surface area contributed by atoms with Crippen LogP contribution < -0.4 is 20.5 Å². The second-order valence-corrected chi connectivity index (χ2v) is 17.6. The van der Waals surface area contributed by atoms with Crippen LogP contribution >= 0.6 is 46.4 Å². The Hall–Kier alpha value is -4.90. The average Bonchev–Trinajstić information content (AvgIpc) is 3.79. The molecule has 2 aromatic heterocycles. The first-order chi connectivity index (χ1) is 26.6. The molecule has 18 heteroatoms. The summed E-state index contributed by atoms with van der Waals surface area (Å²) in [6.45, 7) is 1.97. The van der Waals surface area contributed by atoms with E-state index in [1.807, 2.05) is 43.6 Å². The van der Waals surface area contributed by atoms with Gasteiger partial charge in [0.25, 0.3) is 31.9 Å². The molecule has 7 rings (SSSR count). The number of aryl methyl sites for hydroxylation is 1. The molecule has 0 saturated carbocycles. The molecule has 0 fully saturated rings. The molecule has 0 saturated heterocycles. The van der Waals surface area contributed by atoms with Gasteiger partial charge in [0.05, 0.1) is 10.0 Å². The number of hydrogen-bond acceptors (Lipinski definition) is 6. The highest BCUT2D eigenvalue weighted by Crippen LogP contribution is 2.40. The van der Waals surface area contributed by atoms with Gasteiger partial charge in [0.2, 0.25) is 0 Å². The summed E-state index contributed by atoms with van der Waals surface area (Å²) in [6.07, 6.45) is 3.65. The van der Waals surface area contributed by atoms with Crippen molar-refractivity contribution in [2.75, 3.05) is 0 Å². The predicted octanol–water partition coefficient (Wildman–Crippen LogP) is 8.00. The first-order valence-corrected chi connectivity index (χ1v) is 20.9. The fourth-order valence-corrected chi connectivity index (χ4v) is 9.38. The van der Waals surface area contributed by atoms with Crippen LogP contribution in [0.3, 0.4) is 0 Å². The van der Waals surface area contributed by atoms with Gasteiger partial charge in [-0.3, -0.25) is 20.4 Å². The maximum Gasteiger partial charge on any atom is 0.266 e. The highest BCUT2D eigenvalue weighted by Gasteiger charge is 2.26. The molecular formula is C38H28Cl4N6O6S2. The zero-order chi connectivity index (χ0) is 39.9. The smallest absolute Gasteiger partial charge is 0.266 e. The molecule has 0 radical (unpaired) electrons. The first-order valence-electron chi connectivity index (χ1n) is 16.4. The number of aromatic nitrogens is 2. The van der Waals surface area contributed by atoms with E-state index in [1.54, 1.807) is 36.4 Å². The molecule has 6 N–H and O–H groups in total. The third-order valence-corrected chi connectivity index (χ3v) is 12.9. The fourth-order valence-electron chi connectivity index (χ4n) is 6.18. The molecule has 7 aromatic rings. The lowest BCUT2D eigenvalue weighted by atomic mass is 9.84. The highest BCUT2D eigenvalue weighted by atomic mass is 35.5. The second kappa shape index (κ2) is 15.6. The Morgan fingerprint density at radius 2 is 1.00 bits per heavy atom. The normalized spacial score (nSPS) is 12.0. The first kappa shape index (κ1) is 39.3. The van der Waals surface area contributed by atoms with Crippen molar-refractivity contribution in [1.82, 2.24) is 30.5 Å². The van der Waals surface area contributed by atoms with Crippen LogP contribution in [-0.4, -0.2) is 38.6 Å². The number of H-pyrrole nitrogens is 2. The van der Waals surface area contributed by atoms with Crippen LogP contribution in [0.4, 0.5) is 0 Å². The van der Waals surface area contributed by atoms with E-state index in [9.17, 15) is 26.4 Å². The van der Waals surface area contributed by atoms with Crippen molar-refractivity contribution in [3.8, 4) is 0 Å². The molecule has 0 bridgehead atoms. The summed E-state index contributed by atoms with van der Waals surface area (Å²) in [5, 5.41) is 1.47. The second-order valence-electron chi connectivity index (χ2n) is 12.6. The third kappa shape index (κ3) is 8.01. The molecule has 0 atom stereocenters. The maximum atomic E-state index is 13.4. The van der Waals surface area contributed by atoms with Crippen molar-refractivity contribution >= 4 is 100 Å². The highest BCUT2D eigenvalue weighted by molar-refractivity contribution is 7.89. The number of rotatable bonds is 11. The Morgan fingerprint density at radius 3 is 1.43 bits per heavy atom. The number of aromatic amines is 2. The number of fused-ring (bicyclic) bond motifs is 2. The summed E-state index contributed by atoms with van der Waals surface area (Å²) in [4.78, 5) is 36.8. The number of hydrogen-bond donors (Lipinski definition) is 6. The van der Waals surface area contributed by atoms with E-state index in [2.05, 4.69) is 30.5 Å². The molecule has 0 aliphatic heterocycles. The molecule has 0 aliphatic rings. The quantitative estimate of drug-likeness (QED) is 0.0717. The summed E-state index contributed by atoms with van der Waals surface area (Å²) in [6, 6.07) is 25.6. The number of benzene rings is 5. The number of carbonyl (C=O) groups is 2. The van der Waals surface area contributed by atoms with Crippen LogP contribution in [-0.2, 0) is 20.0 Å². The van der Waals surface area contributed by atoms with Gasteiger partial charge >= 0.3 is 0 Å². The van der Waals surface area contributed by atoms with Gasteiger partial charge in [0.1, 0.15) is 9.79 Å². The van der Waals surface area contributed by atoms with Gasteiger partial charge in [-0.15, -0.1) is 9.66 Å². The van der Waals surface area contributed by atoms with Crippen LogP contribution in [0.5, 0.6) is 0 Å². The van der Waals surface area contributed by atoms with Crippen molar-refractivity contribution in [1.29, 1.82) is 0 Å². The van der Waals surface area contributed by atoms with Crippen LogP contribution in [0.15, 0.2) is 119 Å². The molecule has 0 unspecified atom stereocenters. The predicted molar refractivity (Wildman–Crippen MR) is 217 cm³/mol. The SMILES string of the molecule is Cc1ccc(C(c2c[nH]c3ccc(C(=O)NNS(=O)(=O)c4cc(Cl)ccc4Cl)cc23)c2c[nH]c3ccc(C(=O)NNS(=O)(=O)c4cc(Cl)ccc4Cl)cc23)cc1. The number of hydrazine groups is 2. The molecule has 0 spiro atoms. The number of amides is 2. The number of nitrogens with one attached hydrogen (secondary N) is 6. The van der Waals surface area contributed by atoms with E-state index in [0.29, 0.717) is 21.8 Å². The van der Waals surface area contributed by atoms with Crippen molar-refractivity contribution in [3.63, 3.8) is 0 Å². The molecule has 12 nitrogen and oxygen atoms in total. The summed E-state index contributed by atoms with van der Waals surface area (Å²) >= 11 is 24.1. The summed E-state index contributed by atoms with van der Waals surface area (Å²) in [5.74, 6) is -1.92. The molecule has 56 heavy (non-hydrogen) atoms. The Kier molecular flexibility index (Phi) is 10.9. The van der Waals surface area contributed by atoms with Crippen molar-refractivity contribution in [3.05, 3.63) is 163 Å². The Morgan fingerprint density at radius 1 is 0.571 bits per heavy atom. The van der Waals surface area contributed by atoms with E-state index in [0.717, 1.165) is 22.3 Å². The van der Waals surface area contributed by atoms with Gasteiger partial charge in [-0.2, -0.15) is 0 Å². The molecule has 2 amide bonds. The maximum absolute atomic E-state index is 13.4. The minimum Gasteiger partial charge on any atom is -0.361 e. The standard InChI is InChI=1S/C38H28Cl4N6O6S2/c1-20-2-4-21(5-3-20)36(28-18-43-32-12-6-22(14-26(28)32)37(49)45-47-55(51,52)34-16-24(39)8-10-30(34)41)29-19-44-33-13-7-23(15-27(29)33)38(50)46-48-56(53,54)35-17-25(40)9-11-31(35)42/h2-19,36,43-44,47-48H,1H3,(H,45,49)(H,46,50). The Bertz CT molecular complexity index is 2740. The monoisotopic (exact) mass is 868 g/mol. The molecule has 2 heterocycles. The van der Waals surface area contributed by atoms with Crippen LogP contribution in [0, 0.1) is 6.92 Å². The van der Waals surface area contributed by atoms with Gasteiger partial charge in [-0.25, -0.2) is 16.8 Å². The van der Waals surface area contributed by atoms with Crippen molar-refractivity contribution in [2.24, 2.45) is 0 Å². The average molecular weight is 871 g/mol.